The highest BCUT2D eigenvalue weighted by Crippen LogP contribution is 2.22. The first-order chi connectivity index (χ1) is 8.24. The fourth-order valence-electron chi connectivity index (χ4n) is 1.78. The third-order valence-electron chi connectivity index (χ3n) is 2.79. The van der Waals surface area contributed by atoms with Crippen molar-refractivity contribution < 1.29 is 9.18 Å². The summed E-state index contributed by atoms with van der Waals surface area (Å²) in [6.07, 6.45) is 1.50. The predicted octanol–water partition coefficient (Wildman–Crippen LogP) is 3.87. The molecule has 0 aliphatic carbocycles. The van der Waals surface area contributed by atoms with E-state index in [9.17, 15) is 9.18 Å². The zero-order valence-corrected chi connectivity index (χ0v) is 9.61. The van der Waals surface area contributed by atoms with E-state index in [0.29, 0.717) is 6.29 Å². The highest BCUT2D eigenvalue weighted by Gasteiger charge is 2.04. The van der Waals surface area contributed by atoms with Crippen LogP contribution in [0.3, 0.4) is 0 Å². The van der Waals surface area contributed by atoms with Crippen LogP contribution in [0.15, 0.2) is 42.5 Å². The number of hydrogen-bond donors (Lipinski definition) is 0. The summed E-state index contributed by atoms with van der Waals surface area (Å²) in [5.74, 6) is -0.476. The van der Waals surface area contributed by atoms with E-state index in [1.165, 1.54) is 11.6 Å². The summed E-state index contributed by atoms with van der Waals surface area (Å²) in [5, 5.41) is 0. The zero-order valence-electron chi connectivity index (χ0n) is 9.61. The molecule has 0 radical (unpaired) electrons. The minimum Gasteiger partial charge on any atom is -0.298 e. The fourth-order valence-corrected chi connectivity index (χ4v) is 1.78. The molecule has 2 rings (SSSR count). The van der Waals surface area contributed by atoms with Gasteiger partial charge in [0.15, 0.2) is 6.29 Å². The van der Waals surface area contributed by atoms with Crippen molar-refractivity contribution in [1.29, 1.82) is 0 Å². The summed E-state index contributed by atoms with van der Waals surface area (Å²) < 4.78 is 13.2. The van der Waals surface area contributed by atoms with Gasteiger partial charge in [-0.25, -0.2) is 4.39 Å². The maximum Gasteiger partial charge on any atom is 0.153 e. The molecule has 0 unspecified atom stereocenters. The third kappa shape index (κ3) is 2.41. The van der Waals surface area contributed by atoms with Crippen molar-refractivity contribution in [3.05, 3.63) is 59.4 Å². The normalized spacial score (nSPS) is 10.2. The molecule has 0 saturated heterocycles. The summed E-state index contributed by atoms with van der Waals surface area (Å²) in [6.45, 7) is 2.08. The van der Waals surface area contributed by atoms with E-state index in [0.717, 1.165) is 17.5 Å². The van der Waals surface area contributed by atoms with Gasteiger partial charge in [-0.3, -0.25) is 4.79 Å². The van der Waals surface area contributed by atoms with Crippen molar-refractivity contribution >= 4 is 6.29 Å². The van der Waals surface area contributed by atoms with Crippen LogP contribution in [0.1, 0.15) is 22.8 Å². The highest BCUT2D eigenvalue weighted by molar-refractivity contribution is 5.79. The van der Waals surface area contributed by atoms with Crippen molar-refractivity contribution in [2.75, 3.05) is 0 Å². The quantitative estimate of drug-likeness (QED) is 0.729. The van der Waals surface area contributed by atoms with E-state index in [-0.39, 0.29) is 5.56 Å². The zero-order chi connectivity index (χ0) is 12.3. The molecular weight excluding hydrogens is 215 g/mol. The second kappa shape index (κ2) is 4.91. The SMILES string of the molecule is CCc1cccc(-c2ccc(F)c(C=O)c2)c1. The lowest BCUT2D eigenvalue weighted by Crippen LogP contribution is -1.89. The van der Waals surface area contributed by atoms with E-state index >= 15 is 0 Å². The molecule has 0 aromatic heterocycles. The summed E-state index contributed by atoms with van der Waals surface area (Å²) >= 11 is 0. The Morgan fingerprint density at radius 1 is 1.12 bits per heavy atom. The maximum absolute atomic E-state index is 13.2. The third-order valence-corrected chi connectivity index (χ3v) is 2.79. The van der Waals surface area contributed by atoms with Crippen LogP contribution in [-0.4, -0.2) is 6.29 Å². The molecule has 0 fully saturated rings. The Morgan fingerprint density at radius 2 is 1.88 bits per heavy atom. The van der Waals surface area contributed by atoms with Gasteiger partial charge in [-0.05, 0) is 35.2 Å². The van der Waals surface area contributed by atoms with Crippen LogP contribution in [-0.2, 0) is 6.42 Å². The molecular formula is C15H13FO. The maximum atomic E-state index is 13.2. The molecule has 0 atom stereocenters. The van der Waals surface area contributed by atoms with Crippen molar-refractivity contribution in [1.82, 2.24) is 0 Å². The van der Waals surface area contributed by atoms with Crippen LogP contribution >= 0.6 is 0 Å². The largest absolute Gasteiger partial charge is 0.298 e. The monoisotopic (exact) mass is 228 g/mol. The number of carbonyl (C=O) groups is 1. The van der Waals surface area contributed by atoms with Gasteiger partial charge in [0.05, 0.1) is 5.56 Å². The number of aryl methyl sites for hydroxylation is 1. The Kier molecular flexibility index (Phi) is 3.33. The summed E-state index contributed by atoms with van der Waals surface area (Å²) in [5.41, 5.74) is 3.19. The van der Waals surface area contributed by atoms with Crippen LogP contribution in [0, 0.1) is 5.82 Å². The standard InChI is InChI=1S/C15H13FO/c1-2-11-4-3-5-12(8-11)13-6-7-15(16)14(9-13)10-17/h3-10H,2H2,1H3. The molecule has 17 heavy (non-hydrogen) atoms. The topological polar surface area (TPSA) is 17.1 Å². The number of carbonyl (C=O) groups excluding carboxylic acids is 1. The minimum absolute atomic E-state index is 0.101. The van der Waals surface area contributed by atoms with E-state index in [1.807, 2.05) is 18.2 Å². The van der Waals surface area contributed by atoms with Gasteiger partial charge in [-0.15, -0.1) is 0 Å². The Morgan fingerprint density at radius 3 is 2.59 bits per heavy atom. The molecule has 0 amide bonds. The van der Waals surface area contributed by atoms with Crippen LogP contribution < -0.4 is 0 Å². The fraction of sp³-hybridized carbons (Fsp3) is 0.133. The van der Waals surface area contributed by atoms with Crippen LogP contribution in [0.5, 0.6) is 0 Å². The van der Waals surface area contributed by atoms with Crippen LogP contribution in [0.25, 0.3) is 11.1 Å². The molecule has 1 nitrogen and oxygen atoms in total. The van der Waals surface area contributed by atoms with Gasteiger partial charge < -0.3 is 0 Å². The van der Waals surface area contributed by atoms with Gasteiger partial charge in [-0.2, -0.15) is 0 Å². The molecule has 0 saturated carbocycles. The predicted molar refractivity (Wildman–Crippen MR) is 66.6 cm³/mol. The van der Waals surface area contributed by atoms with E-state index in [1.54, 1.807) is 12.1 Å². The van der Waals surface area contributed by atoms with Crippen LogP contribution in [0.4, 0.5) is 4.39 Å². The summed E-state index contributed by atoms with van der Waals surface area (Å²) in [6, 6.07) is 12.6. The Bertz CT molecular complexity index is 546. The van der Waals surface area contributed by atoms with Gasteiger partial charge >= 0.3 is 0 Å². The average Bonchev–Trinajstić information content (AvgIpc) is 2.39. The van der Waals surface area contributed by atoms with Crippen molar-refractivity contribution in [2.24, 2.45) is 0 Å². The highest BCUT2D eigenvalue weighted by atomic mass is 19.1. The molecule has 86 valence electrons. The van der Waals surface area contributed by atoms with E-state index in [2.05, 4.69) is 13.0 Å². The lowest BCUT2D eigenvalue weighted by atomic mass is 10.0. The number of hydrogen-bond acceptors (Lipinski definition) is 1. The number of benzene rings is 2. The molecule has 2 aromatic carbocycles. The van der Waals surface area contributed by atoms with Crippen molar-refractivity contribution in [3.8, 4) is 11.1 Å². The second-order valence-corrected chi connectivity index (χ2v) is 3.91. The number of aldehydes is 1. The summed E-state index contributed by atoms with van der Waals surface area (Å²) in [7, 11) is 0. The Hall–Kier alpha value is -1.96. The number of rotatable bonds is 3. The lowest BCUT2D eigenvalue weighted by Gasteiger charge is -2.05. The molecule has 0 spiro atoms. The molecule has 2 heteroatoms. The second-order valence-electron chi connectivity index (χ2n) is 3.91. The van der Waals surface area contributed by atoms with E-state index < -0.39 is 5.82 Å². The first-order valence-corrected chi connectivity index (χ1v) is 5.58. The molecule has 0 aliphatic rings. The van der Waals surface area contributed by atoms with Crippen molar-refractivity contribution in [3.63, 3.8) is 0 Å². The first-order valence-electron chi connectivity index (χ1n) is 5.58. The minimum atomic E-state index is -0.476. The molecule has 0 bridgehead atoms. The van der Waals surface area contributed by atoms with Crippen molar-refractivity contribution in [2.45, 2.75) is 13.3 Å². The average molecular weight is 228 g/mol. The Labute approximate surface area is 99.9 Å². The first kappa shape index (κ1) is 11.5. The lowest BCUT2D eigenvalue weighted by molar-refractivity contribution is 0.112. The van der Waals surface area contributed by atoms with Gasteiger partial charge in [-0.1, -0.05) is 37.3 Å². The van der Waals surface area contributed by atoms with Crippen LogP contribution in [0.2, 0.25) is 0 Å². The molecule has 0 heterocycles. The summed E-state index contributed by atoms with van der Waals surface area (Å²) in [4.78, 5) is 10.7. The molecule has 2 aromatic rings. The van der Waals surface area contributed by atoms with Gasteiger partial charge in [0.1, 0.15) is 5.82 Å². The van der Waals surface area contributed by atoms with Gasteiger partial charge in [0, 0.05) is 0 Å². The van der Waals surface area contributed by atoms with E-state index in [4.69, 9.17) is 0 Å². The molecule has 0 aliphatic heterocycles. The van der Waals surface area contributed by atoms with Gasteiger partial charge in [0.2, 0.25) is 0 Å². The Balaban J connectivity index is 2.48. The van der Waals surface area contributed by atoms with Gasteiger partial charge in [0.25, 0.3) is 0 Å². The molecule has 0 N–H and O–H groups in total. The number of halogens is 1. The smallest absolute Gasteiger partial charge is 0.153 e.